The lowest BCUT2D eigenvalue weighted by Crippen LogP contribution is -2.46. The summed E-state index contributed by atoms with van der Waals surface area (Å²) in [6, 6.07) is 1.48. The van der Waals surface area contributed by atoms with Gasteiger partial charge in [-0.1, -0.05) is 0 Å². The van der Waals surface area contributed by atoms with Crippen molar-refractivity contribution in [1.82, 2.24) is 10.2 Å². The summed E-state index contributed by atoms with van der Waals surface area (Å²) in [6.45, 7) is 6.84. The molecule has 94 valence electrons. The second-order valence-electron chi connectivity index (χ2n) is 5.29. The molecule has 2 aliphatic rings. The highest BCUT2D eigenvalue weighted by molar-refractivity contribution is 4.83. The number of likely N-dealkylation sites (tertiary alicyclic amines) is 1. The molecule has 2 saturated heterocycles. The minimum absolute atomic E-state index is 0.678. The fourth-order valence-electron chi connectivity index (χ4n) is 3.07. The average molecular weight is 226 g/mol. The number of nitrogens with one attached hydrogen (secondary N) is 1. The quantitative estimate of drug-likeness (QED) is 0.789. The molecule has 2 heterocycles. The Balaban J connectivity index is 1.75. The first-order chi connectivity index (χ1) is 7.81. The lowest BCUT2D eigenvalue weighted by molar-refractivity contribution is 0.0190. The van der Waals surface area contributed by atoms with Gasteiger partial charge in [-0.3, -0.25) is 0 Å². The van der Waals surface area contributed by atoms with E-state index in [1.165, 1.54) is 38.8 Å². The van der Waals surface area contributed by atoms with Crippen molar-refractivity contribution in [3.63, 3.8) is 0 Å². The number of ether oxygens (including phenoxy) is 1. The van der Waals surface area contributed by atoms with Crippen molar-refractivity contribution in [2.75, 3.05) is 33.4 Å². The van der Waals surface area contributed by atoms with Crippen LogP contribution in [0.2, 0.25) is 0 Å². The van der Waals surface area contributed by atoms with Gasteiger partial charge in [0.1, 0.15) is 0 Å². The van der Waals surface area contributed by atoms with Crippen LogP contribution in [0, 0.1) is 5.92 Å². The van der Waals surface area contributed by atoms with Gasteiger partial charge in [-0.2, -0.15) is 0 Å². The summed E-state index contributed by atoms with van der Waals surface area (Å²) in [5, 5.41) is 3.39. The molecule has 0 aromatic rings. The zero-order valence-electron chi connectivity index (χ0n) is 10.7. The molecule has 0 radical (unpaired) electrons. The number of nitrogens with zero attached hydrogens (tertiary/aromatic N) is 1. The summed E-state index contributed by atoms with van der Waals surface area (Å²) in [6.07, 6.45) is 5.21. The molecule has 2 aliphatic heterocycles. The van der Waals surface area contributed by atoms with Gasteiger partial charge in [-0.15, -0.1) is 0 Å². The summed E-state index contributed by atoms with van der Waals surface area (Å²) in [5.74, 6) is 0.876. The first-order valence-electron chi connectivity index (χ1n) is 6.80. The van der Waals surface area contributed by atoms with Gasteiger partial charge in [0, 0.05) is 25.3 Å². The first kappa shape index (κ1) is 12.3. The molecule has 2 fully saturated rings. The summed E-state index contributed by atoms with van der Waals surface area (Å²) in [4.78, 5) is 2.70. The molecule has 0 amide bonds. The molecular formula is C13H26N2O. The SMILES string of the molecule is CNC(C)C1CCN(C2CCOCC2)CC1. The molecule has 0 aromatic heterocycles. The molecule has 3 nitrogen and oxygen atoms in total. The van der Waals surface area contributed by atoms with Crippen LogP contribution < -0.4 is 5.32 Å². The molecule has 0 saturated carbocycles. The van der Waals surface area contributed by atoms with Gasteiger partial charge >= 0.3 is 0 Å². The van der Waals surface area contributed by atoms with E-state index in [0.717, 1.165) is 25.2 Å². The third-order valence-electron chi connectivity index (χ3n) is 4.44. The van der Waals surface area contributed by atoms with Crippen LogP contribution in [0.25, 0.3) is 0 Å². The van der Waals surface area contributed by atoms with Crippen molar-refractivity contribution >= 4 is 0 Å². The molecule has 0 aromatic carbocycles. The van der Waals surface area contributed by atoms with E-state index < -0.39 is 0 Å². The van der Waals surface area contributed by atoms with E-state index in [2.05, 4.69) is 24.2 Å². The molecule has 1 unspecified atom stereocenters. The average Bonchev–Trinajstić information content (AvgIpc) is 2.39. The van der Waals surface area contributed by atoms with E-state index in [-0.39, 0.29) is 0 Å². The molecule has 1 atom stereocenters. The highest BCUT2D eigenvalue weighted by Crippen LogP contribution is 2.24. The van der Waals surface area contributed by atoms with E-state index in [1.807, 2.05) is 0 Å². The van der Waals surface area contributed by atoms with Crippen molar-refractivity contribution < 1.29 is 4.74 Å². The Morgan fingerprint density at radius 1 is 1.12 bits per heavy atom. The molecule has 0 bridgehead atoms. The van der Waals surface area contributed by atoms with Crippen molar-refractivity contribution in [3.05, 3.63) is 0 Å². The Morgan fingerprint density at radius 2 is 1.75 bits per heavy atom. The second-order valence-corrected chi connectivity index (χ2v) is 5.29. The summed E-state index contributed by atoms with van der Waals surface area (Å²) < 4.78 is 5.43. The third-order valence-corrected chi connectivity index (χ3v) is 4.44. The van der Waals surface area contributed by atoms with Crippen molar-refractivity contribution in [3.8, 4) is 0 Å². The number of piperidine rings is 1. The van der Waals surface area contributed by atoms with E-state index in [4.69, 9.17) is 4.74 Å². The Morgan fingerprint density at radius 3 is 2.31 bits per heavy atom. The maximum atomic E-state index is 5.43. The van der Waals surface area contributed by atoms with Gasteiger partial charge in [-0.25, -0.2) is 0 Å². The van der Waals surface area contributed by atoms with E-state index in [0.29, 0.717) is 6.04 Å². The zero-order valence-corrected chi connectivity index (χ0v) is 10.7. The van der Waals surface area contributed by atoms with Crippen LogP contribution in [-0.4, -0.2) is 50.3 Å². The molecular weight excluding hydrogens is 200 g/mol. The number of rotatable bonds is 3. The summed E-state index contributed by atoms with van der Waals surface area (Å²) in [5.41, 5.74) is 0. The molecule has 0 spiro atoms. The van der Waals surface area contributed by atoms with Crippen LogP contribution in [0.3, 0.4) is 0 Å². The van der Waals surface area contributed by atoms with Crippen LogP contribution in [0.1, 0.15) is 32.6 Å². The van der Waals surface area contributed by atoms with Gasteiger partial charge in [0.2, 0.25) is 0 Å². The molecule has 16 heavy (non-hydrogen) atoms. The smallest absolute Gasteiger partial charge is 0.0480 e. The van der Waals surface area contributed by atoms with Crippen LogP contribution in [0.15, 0.2) is 0 Å². The number of hydrogen-bond donors (Lipinski definition) is 1. The Hall–Kier alpha value is -0.120. The lowest BCUT2D eigenvalue weighted by atomic mass is 9.89. The van der Waals surface area contributed by atoms with Gasteiger partial charge in [0.05, 0.1) is 0 Å². The normalized spacial score (nSPS) is 28.1. The lowest BCUT2D eigenvalue weighted by Gasteiger charge is -2.40. The first-order valence-corrected chi connectivity index (χ1v) is 6.80. The minimum Gasteiger partial charge on any atom is -0.381 e. The largest absolute Gasteiger partial charge is 0.381 e. The van der Waals surface area contributed by atoms with Crippen LogP contribution >= 0.6 is 0 Å². The van der Waals surface area contributed by atoms with Crippen LogP contribution in [0.4, 0.5) is 0 Å². The van der Waals surface area contributed by atoms with E-state index >= 15 is 0 Å². The maximum absolute atomic E-state index is 5.43. The fourth-order valence-corrected chi connectivity index (χ4v) is 3.07. The van der Waals surface area contributed by atoms with Crippen LogP contribution in [-0.2, 0) is 4.74 Å². The number of hydrogen-bond acceptors (Lipinski definition) is 3. The predicted octanol–water partition coefficient (Wildman–Crippen LogP) is 1.49. The van der Waals surface area contributed by atoms with Gasteiger partial charge in [0.25, 0.3) is 0 Å². The second kappa shape index (κ2) is 5.99. The fraction of sp³-hybridized carbons (Fsp3) is 1.00. The van der Waals surface area contributed by atoms with Gasteiger partial charge in [-0.05, 0) is 58.7 Å². The zero-order chi connectivity index (χ0) is 11.4. The Labute approximate surface area is 99.5 Å². The van der Waals surface area contributed by atoms with Gasteiger partial charge in [0.15, 0.2) is 0 Å². The predicted molar refractivity (Wildman–Crippen MR) is 66.7 cm³/mol. The molecule has 0 aliphatic carbocycles. The van der Waals surface area contributed by atoms with Gasteiger partial charge < -0.3 is 15.0 Å². The summed E-state index contributed by atoms with van der Waals surface area (Å²) in [7, 11) is 2.08. The van der Waals surface area contributed by atoms with Crippen LogP contribution in [0.5, 0.6) is 0 Å². The molecule has 2 rings (SSSR count). The summed E-state index contributed by atoms with van der Waals surface area (Å²) >= 11 is 0. The molecule has 3 heteroatoms. The van der Waals surface area contributed by atoms with E-state index in [9.17, 15) is 0 Å². The monoisotopic (exact) mass is 226 g/mol. The highest BCUT2D eigenvalue weighted by atomic mass is 16.5. The minimum atomic E-state index is 0.678. The van der Waals surface area contributed by atoms with Crippen molar-refractivity contribution in [1.29, 1.82) is 0 Å². The molecule has 1 N–H and O–H groups in total. The topological polar surface area (TPSA) is 24.5 Å². The van der Waals surface area contributed by atoms with E-state index in [1.54, 1.807) is 0 Å². The standard InChI is InChI=1S/C13H26N2O/c1-11(14-2)12-3-7-15(8-4-12)13-5-9-16-10-6-13/h11-14H,3-10H2,1-2H3. The van der Waals surface area contributed by atoms with Crippen molar-refractivity contribution in [2.45, 2.75) is 44.7 Å². The highest BCUT2D eigenvalue weighted by Gasteiger charge is 2.28. The Kier molecular flexibility index (Phi) is 4.62. The van der Waals surface area contributed by atoms with Crippen molar-refractivity contribution in [2.24, 2.45) is 5.92 Å². The third kappa shape index (κ3) is 2.96. The maximum Gasteiger partial charge on any atom is 0.0480 e. The Bertz CT molecular complexity index is 196.